The maximum absolute atomic E-state index is 13.4. The molecule has 0 spiro atoms. The number of anilines is 1. The number of benzene rings is 2. The summed E-state index contributed by atoms with van der Waals surface area (Å²) < 4.78 is 42.1. The first-order valence-electron chi connectivity index (χ1n) is 12.0. The lowest BCUT2D eigenvalue weighted by molar-refractivity contribution is -0.137. The van der Waals surface area contributed by atoms with E-state index in [1.165, 1.54) is 18.8 Å². The molecule has 0 unspecified atom stereocenters. The van der Waals surface area contributed by atoms with Crippen LogP contribution in [0.2, 0.25) is 0 Å². The molecular formula is C28H29F3N4. The Morgan fingerprint density at radius 2 is 1.77 bits per heavy atom. The lowest BCUT2D eigenvalue weighted by atomic mass is 9.70. The molecule has 2 aromatic carbocycles. The fourth-order valence-electron chi connectivity index (χ4n) is 5.69. The van der Waals surface area contributed by atoms with E-state index in [9.17, 15) is 13.2 Å². The zero-order chi connectivity index (χ0) is 24.8. The van der Waals surface area contributed by atoms with Crippen LogP contribution >= 0.6 is 0 Å². The van der Waals surface area contributed by atoms with Crippen LogP contribution < -0.4 is 5.32 Å². The Labute approximate surface area is 203 Å². The highest BCUT2D eigenvalue weighted by Gasteiger charge is 2.33. The minimum Gasteiger partial charge on any atom is -0.367 e. The van der Waals surface area contributed by atoms with Crippen LogP contribution in [-0.4, -0.2) is 20.6 Å². The van der Waals surface area contributed by atoms with Crippen LogP contribution in [0.1, 0.15) is 45.6 Å². The van der Waals surface area contributed by atoms with Gasteiger partial charge in [-0.2, -0.15) is 13.2 Å². The number of rotatable bonds is 4. The second-order valence-corrected chi connectivity index (χ2v) is 10.5. The van der Waals surface area contributed by atoms with Gasteiger partial charge in [-0.1, -0.05) is 57.2 Å². The summed E-state index contributed by atoms with van der Waals surface area (Å²) in [6, 6.07) is 15.4. The van der Waals surface area contributed by atoms with E-state index < -0.39 is 11.7 Å². The molecule has 0 radical (unpaired) electrons. The van der Waals surface area contributed by atoms with Crippen molar-refractivity contribution in [2.75, 3.05) is 5.32 Å². The minimum absolute atomic E-state index is 0.230. The molecule has 0 bridgehead atoms. The fourth-order valence-corrected chi connectivity index (χ4v) is 5.69. The van der Waals surface area contributed by atoms with Crippen molar-refractivity contribution >= 4 is 16.9 Å². The zero-order valence-electron chi connectivity index (χ0n) is 20.1. The van der Waals surface area contributed by atoms with E-state index in [0.29, 0.717) is 17.3 Å². The van der Waals surface area contributed by atoms with Crippen LogP contribution in [0.5, 0.6) is 0 Å². The van der Waals surface area contributed by atoms with Crippen molar-refractivity contribution in [1.82, 2.24) is 14.5 Å². The number of fused-ring (bicyclic) bond motifs is 1. The first-order chi connectivity index (χ1) is 16.6. The van der Waals surface area contributed by atoms with Gasteiger partial charge in [0.15, 0.2) is 5.65 Å². The molecule has 7 heteroatoms. The number of halogens is 3. The second-order valence-electron chi connectivity index (χ2n) is 10.5. The molecule has 1 N–H and O–H groups in total. The van der Waals surface area contributed by atoms with E-state index >= 15 is 0 Å². The van der Waals surface area contributed by atoms with Gasteiger partial charge in [-0.05, 0) is 54.4 Å². The van der Waals surface area contributed by atoms with Gasteiger partial charge in [0.1, 0.15) is 12.1 Å². The van der Waals surface area contributed by atoms with E-state index in [0.717, 1.165) is 47.3 Å². The summed E-state index contributed by atoms with van der Waals surface area (Å²) >= 11 is 0. The monoisotopic (exact) mass is 478 g/mol. The Kier molecular flexibility index (Phi) is 5.82. The molecule has 1 fully saturated rings. The minimum atomic E-state index is -4.42. The molecule has 0 saturated heterocycles. The number of nitrogens with zero attached hydrogens (tertiary/aromatic N) is 3. The van der Waals surface area contributed by atoms with E-state index in [1.807, 2.05) is 36.5 Å². The van der Waals surface area contributed by atoms with Gasteiger partial charge in [-0.15, -0.1) is 0 Å². The number of hydrogen-bond donors (Lipinski definition) is 1. The van der Waals surface area contributed by atoms with Gasteiger partial charge in [0, 0.05) is 23.5 Å². The molecule has 2 aromatic heterocycles. The number of aromatic nitrogens is 3. The highest BCUT2D eigenvalue weighted by atomic mass is 19.4. The van der Waals surface area contributed by atoms with Gasteiger partial charge in [0.05, 0.1) is 10.9 Å². The van der Waals surface area contributed by atoms with Crippen molar-refractivity contribution in [3.05, 3.63) is 72.7 Å². The summed E-state index contributed by atoms with van der Waals surface area (Å²) in [6.45, 7) is 6.88. The van der Waals surface area contributed by atoms with Crippen molar-refractivity contribution in [3.8, 4) is 16.8 Å². The van der Waals surface area contributed by atoms with Crippen LogP contribution in [0.4, 0.5) is 19.0 Å². The predicted molar refractivity (Wildman–Crippen MR) is 134 cm³/mol. The molecule has 1 aliphatic carbocycles. The standard InChI is InChI=1S/C28H29F3N4/c1-18-12-21(15-27(2,3)14-18)34-25-24-23(19-8-5-4-6-9-19)16-35(26(24)33-17-32-25)22-11-7-10-20(13-22)28(29,30)31/h4-11,13,16-18,21H,12,14-15H2,1-3H3,(H,32,33,34)/t18-,21+/m1/s1. The van der Waals surface area contributed by atoms with E-state index in [1.54, 1.807) is 10.6 Å². The molecule has 182 valence electrons. The molecule has 4 nitrogen and oxygen atoms in total. The highest BCUT2D eigenvalue weighted by molar-refractivity contribution is 6.02. The number of alkyl halides is 3. The fraction of sp³-hybridized carbons (Fsp3) is 0.357. The SMILES string of the molecule is C[C@@H]1C[C@H](Nc2ncnc3c2c(-c2ccccc2)cn3-c2cccc(C(F)(F)F)c2)CC(C)(C)C1. The molecule has 35 heavy (non-hydrogen) atoms. The summed E-state index contributed by atoms with van der Waals surface area (Å²) in [5.41, 5.74) is 2.35. The van der Waals surface area contributed by atoms with Crippen molar-refractivity contribution in [2.45, 2.75) is 52.3 Å². The Bertz CT molecular complexity index is 1340. The molecule has 4 aromatic rings. The summed E-state index contributed by atoms with van der Waals surface area (Å²) in [5.74, 6) is 1.31. The van der Waals surface area contributed by atoms with E-state index in [-0.39, 0.29) is 11.5 Å². The van der Waals surface area contributed by atoms with Crippen LogP contribution in [0.15, 0.2) is 67.1 Å². The van der Waals surface area contributed by atoms with Gasteiger partial charge in [0.2, 0.25) is 0 Å². The summed E-state index contributed by atoms with van der Waals surface area (Å²) in [4.78, 5) is 9.13. The number of hydrogen-bond acceptors (Lipinski definition) is 3. The van der Waals surface area contributed by atoms with E-state index in [4.69, 9.17) is 0 Å². The lowest BCUT2D eigenvalue weighted by Gasteiger charge is -2.39. The average molecular weight is 479 g/mol. The van der Waals surface area contributed by atoms with E-state index in [2.05, 4.69) is 36.1 Å². The highest BCUT2D eigenvalue weighted by Crippen LogP contribution is 2.41. The third-order valence-corrected chi connectivity index (χ3v) is 6.85. The first kappa shape index (κ1) is 23.4. The van der Waals surface area contributed by atoms with Gasteiger partial charge in [0.25, 0.3) is 0 Å². The summed E-state index contributed by atoms with van der Waals surface area (Å²) in [7, 11) is 0. The molecule has 2 atom stereocenters. The Hall–Kier alpha value is -3.35. The third-order valence-electron chi connectivity index (χ3n) is 6.85. The number of nitrogens with one attached hydrogen (secondary N) is 1. The second kappa shape index (κ2) is 8.70. The van der Waals surface area contributed by atoms with Crippen LogP contribution in [0.25, 0.3) is 27.8 Å². The lowest BCUT2D eigenvalue weighted by Crippen LogP contribution is -2.35. The quantitative estimate of drug-likeness (QED) is 0.326. The predicted octanol–water partition coefficient (Wildman–Crippen LogP) is 7.73. The molecule has 0 aliphatic heterocycles. The largest absolute Gasteiger partial charge is 0.416 e. The Balaban J connectivity index is 1.66. The average Bonchev–Trinajstić information content (AvgIpc) is 3.19. The molecular weight excluding hydrogens is 449 g/mol. The van der Waals surface area contributed by atoms with Crippen LogP contribution in [0.3, 0.4) is 0 Å². The van der Waals surface area contributed by atoms with Crippen molar-refractivity contribution in [1.29, 1.82) is 0 Å². The molecule has 1 aliphatic rings. The van der Waals surface area contributed by atoms with Gasteiger partial charge >= 0.3 is 6.18 Å². The third kappa shape index (κ3) is 4.77. The molecule has 5 rings (SSSR count). The van der Waals surface area contributed by atoms with Crippen LogP contribution in [0, 0.1) is 11.3 Å². The molecule has 1 saturated carbocycles. The van der Waals surface area contributed by atoms with Crippen molar-refractivity contribution in [2.24, 2.45) is 11.3 Å². The van der Waals surface area contributed by atoms with Crippen LogP contribution in [-0.2, 0) is 6.18 Å². The van der Waals surface area contributed by atoms with Gasteiger partial charge in [-0.3, -0.25) is 0 Å². The molecule has 0 amide bonds. The van der Waals surface area contributed by atoms with Crippen molar-refractivity contribution < 1.29 is 13.2 Å². The molecule has 2 heterocycles. The topological polar surface area (TPSA) is 42.7 Å². The summed E-state index contributed by atoms with van der Waals surface area (Å²) in [5, 5.41) is 4.49. The zero-order valence-corrected chi connectivity index (χ0v) is 20.1. The summed E-state index contributed by atoms with van der Waals surface area (Å²) in [6.07, 6.45) is 2.18. The Morgan fingerprint density at radius 3 is 2.49 bits per heavy atom. The maximum atomic E-state index is 13.4. The smallest absolute Gasteiger partial charge is 0.367 e. The first-order valence-corrected chi connectivity index (χ1v) is 12.0. The van der Waals surface area contributed by atoms with Gasteiger partial charge in [-0.25, -0.2) is 9.97 Å². The van der Waals surface area contributed by atoms with Gasteiger partial charge < -0.3 is 9.88 Å². The maximum Gasteiger partial charge on any atom is 0.416 e. The van der Waals surface area contributed by atoms with Crippen molar-refractivity contribution in [3.63, 3.8) is 0 Å². The Morgan fingerprint density at radius 1 is 1.00 bits per heavy atom. The normalized spacial score (nSPS) is 20.2.